The van der Waals surface area contributed by atoms with Crippen molar-refractivity contribution in [3.8, 4) is 0 Å². The van der Waals surface area contributed by atoms with Crippen molar-refractivity contribution in [2.24, 2.45) is 5.73 Å². The summed E-state index contributed by atoms with van der Waals surface area (Å²) in [6.07, 6.45) is 8.40. The summed E-state index contributed by atoms with van der Waals surface area (Å²) in [7, 11) is 0. The molecule has 1 fully saturated rings. The molecule has 104 valence electrons. The first-order valence-electron chi connectivity index (χ1n) is 7.05. The largest absolute Gasteiger partial charge is 0.387 e. The smallest absolute Gasteiger partial charge is 0.250 e. The Balaban J connectivity index is 1.99. The van der Waals surface area contributed by atoms with E-state index < -0.39 is 0 Å². The van der Waals surface area contributed by atoms with Gasteiger partial charge in [-0.3, -0.25) is 4.79 Å². The number of amides is 1. The molecule has 0 aliphatic carbocycles. The maximum absolute atomic E-state index is 11.8. The van der Waals surface area contributed by atoms with Gasteiger partial charge in [-0.15, -0.1) is 0 Å². The number of hydrogen-bond donors (Lipinski definition) is 2. The second-order valence-electron chi connectivity index (χ2n) is 5.19. The summed E-state index contributed by atoms with van der Waals surface area (Å²) in [5.74, 6) is -0.354. The highest BCUT2D eigenvalue weighted by Crippen LogP contribution is 2.28. The standard InChI is InChI=1S/C16H19N3O/c17-16(20)14-11-13(12-5-7-18-8-6-12)3-4-15(14)19-9-1-2-10-19/h3-7,11,18H,1-2,8-10H2,(H2,17,20). The van der Waals surface area contributed by atoms with Crippen LogP contribution in [-0.4, -0.2) is 25.5 Å². The number of anilines is 1. The predicted octanol–water partition coefficient (Wildman–Crippen LogP) is 1.89. The molecule has 2 aliphatic rings. The number of carbonyl (C=O) groups is 1. The normalized spacial score (nSPS) is 17.8. The van der Waals surface area contributed by atoms with Crippen molar-refractivity contribution in [3.63, 3.8) is 0 Å². The second-order valence-corrected chi connectivity index (χ2v) is 5.19. The molecule has 0 unspecified atom stereocenters. The van der Waals surface area contributed by atoms with Crippen molar-refractivity contribution in [1.29, 1.82) is 0 Å². The van der Waals surface area contributed by atoms with E-state index in [1.165, 1.54) is 12.8 Å². The van der Waals surface area contributed by atoms with Gasteiger partial charge in [-0.25, -0.2) is 0 Å². The minimum atomic E-state index is -0.354. The molecular formula is C16H19N3O. The van der Waals surface area contributed by atoms with Crippen LogP contribution in [0.1, 0.15) is 28.8 Å². The van der Waals surface area contributed by atoms with E-state index in [0.717, 1.165) is 36.5 Å². The lowest BCUT2D eigenvalue weighted by Gasteiger charge is -2.21. The molecule has 1 aromatic carbocycles. The molecule has 0 radical (unpaired) electrons. The van der Waals surface area contributed by atoms with Crippen LogP contribution >= 0.6 is 0 Å². The summed E-state index contributed by atoms with van der Waals surface area (Å²) in [5, 5.41) is 3.12. The van der Waals surface area contributed by atoms with E-state index in [0.29, 0.717) is 5.56 Å². The number of primary amides is 1. The Hall–Kier alpha value is -2.23. The van der Waals surface area contributed by atoms with Crippen molar-refractivity contribution >= 4 is 17.2 Å². The van der Waals surface area contributed by atoms with E-state index in [-0.39, 0.29) is 5.91 Å². The van der Waals surface area contributed by atoms with E-state index in [9.17, 15) is 4.79 Å². The highest BCUT2D eigenvalue weighted by atomic mass is 16.1. The van der Waals surface area contributed by atoms with Crippen molar-refractivity contribution in [1.82, 2.24) is 5.32 Å². The van der Waals surface area contributed by atoms with Gasteiger partial charge in [0.15, 0.2) is 0 Å². The average Bonchev–Trinajstić information content (AvgIpc) is 3.01. The average molecular weight is 269 g/mol. The lowest BCUT2D eigenvalue weighted by molar-refractivity contribution is 0.100. The summed E-state index contributed by atoms with van der Waals surface area (Å²) in [4.78, 5) is 14.0. The van der Waals surface area contributed by atoms with Crippen LogP contribution < -0.4 is 16.0 Å². The summed E-state index contributed by atoms with van der Waals surface area (Å²) >= 11 is 0. The molecule has 2 aliphatic heterocycles. The van der Waals surface area contributed by atoms with Crippen molar-refractivity contribution in [2.45, 2.75) is 12.8 Å². The van der Waals surface area contributed by atoms with E-state index in [1.54, 1.807) is 0 Å². The molecule has 4 nitrogen and oxygen atoms in total. The molecule has 3 rings (SSSR count). The van der Waals surface area contributed by atoms with Crippen LogP contribution in [0.15, 0.2) is 36.6 Å². The number of dihydropyridines is 1. The number of carbonyl (C=O) groups excluding carboxylic acids is 1. The molecule has 20 heavy (non-hydrogen) atoms. The Morgan fingerprint density at radius 2 is 2.05 bits per heavy atom. The first-order chi connectivity index (χ1) is 9.75. The van der Waals surface area contributed by atoms with E-state index in [4.69, 9.17) is 5.73 Å². The van der Waals surface area contributed by atoms with Crippen LogP contribution in [-0.2, 0) is 0 Å². The van der Waals surface area contributed by atoms with Crippen molar-refractivity contribution < 1.29 is 4.79 Å². The molecule has 2 heterocycles. The van der Waals surface area contributed by atoms with Crippen LogP contribution in [0.5, 0.6) is 0 Å². The SMILES string of the molecule is NC(=O)c1cc(C2=CCNC=C2)ccc1N1CCCC1. The molecule has 1 amide bonds. The van der Waals surface area contributed by atoms with Gasteiger partial charge >= 0.3 is 0 Å². The van der Waals surface area contributed by atoms with Gasteiger partial charge < -0.3 is 16.0 Å². The lowest BCUT2D eigenvalue weighted by Crippen LogP contribution is -2.23. The fraction of sp³-hybridized carbons (Fsp3) is 0.312. The number of nitrogens with zero attached hydrogens (tertiary/aromatic N) is 1. The number of nitrogens with one attached hydrogen (secondary N) is 1. The number of allylic oxidation sites excluding steroid dienone is 2. The molecule has 1 saturated heterocycles. The van der Waals surface area contributed by atoms with Gasteiger partial charge in [0.2, 0.25) is 0 Å². The molecule has 0 saturated carbocycles. The van der Waals surface area contributed by atoms with E-state index >= 15 is 0 Å². The third kappa shape index (κ3) is 2.41. The minimum absolute atomic E-state index is 0.354. The van der Waals surface area contributed by atoms with Gasteiger partial charge in [-0.2, -0.15) is 0 Å². The van der Waals surface area contributed by atoms with Gasteiger partial charge in [0.25, 0.3) is 5.91 Å². The highest BCUT2D eigenvalue weighted by molar-refractivity contribution is 6.00. The first-order valence-corrected chi connectivity index (χ1v) is 7.05. The van der Waals surface area contributed by atoms with Crippen LogP contribution in [0.2, 0.25) is 0 Å². The van der Waals surface area contributed by atoms with E-state index in [2.05, 4.69) is 22.4 Å². The van der Waals surface area contributed by atoms with E-state index in [1.807, 2.05) is 24.4 Å². The summed E-state index contributed by atoms with van der Waals surface area (Å²) in [6.45, 7) is 2.82. The Morgan fingerprint density at radius 1 is 1.25 bits per heavy atom. The summed E-state index contributed by atoms with van der Waals surface area (Å²) in [6, 6.07) is 6.01. The molecule has 4 heteroatoms. The zero-order valence-electron chi connectivity index (χ0n) is 11.4. The number of rotatable bonds is 3. The maximum Gasteiger partial charge on any atom is 0.250 e. The number of nitrogens with two attached hydrogens (primary N) is 1. The molecule has 0 atom stereocenters. The zero-order valence-corrected chi connectivity index (χ0v) is 11.4. The zero-order chi connectivity index (χ0) is 13.9. The summed E-state index contributed by atoms with van der Waals surface area (Å²) in [5.41, 5.74) is 9.32. The van der Waals surface area contributed by atoms with Gasteiger partial charge in [-0.05, 0) is 48.4 Å². The van der Waals surface area contributed by atoms with Crippen molar-refractivity contribution in [2.75, 3.05) is 24.5 Å². The molecule has 0 aromatic heterocycles. The third-order valence-corrected chi connectivity index (χ3v) is 3.86. The van der Waals surface area contributed by atoms with Crippen LogP contribution in [0.4, 0.5) is 5.69 Å². The quantitative estimate of drug-likeness (QED) is 0.881. The second kappa shape index (κ2) is 5.41. The first kappa shape index (κ1) is 12.8. The lowest BCUT2D eigenvalue weighted by atomic mass is 9.99. The maximum atomic E-state index is 11.8. The Morgan fingerprint density at radius 3 is 2.70 bits per heavy atom. The topological polar surface area (TPSA) is 58.4 Å². The van der Waals surface area contributed by atoms with Gasteiger partial charge in [0, 0.05) is 25.3 Å². The van der Waals surface area contributed by atoms with Crippen molar-refractivity contribution in [3.05, 3.63) is 47.7 Å². The molecule has 0 spiro atoms. The molecule has 1 aromatic rings. The molecular weight excluding hydrogens is 250 g/mol. The minimum Gasteiger partial charge on any atom is -0.387 e. The fourth-order valence-electron chi connectivity index (χ4n) is 2.81. The third-order valence-electron chi connectivity index (χ3n) is 3.86. The van der Waals surface area contributed by atoms with Crippen LogP contribution in [0, 0.1) is 0 Å². The van der Waals surface area contributed by atoms with Gasteiger partial charge in [0.1, 0.15) is 0 Å². The Bertz CT molecular complexity index is 583. The Labute approximate surface area is 119 Å². The molecule has 0 bridgehead atoms. The number of benzene rings is 1. The van der Waals surface area contributed by atoms with Gasteiger partial charge in [-0.1, -0.05) is 12.1 Å². The van der Waals surface area contributed by atoms with Gasteiger partial charge in [0.05, 0.1) is 5.56 Å². The summed E-state index contributed by atoms with van der Waals surface area (Å²) < 4.78 is 0. The van der Waals surface area contributed by atoms with Crippen LogP contribution in [0.3, 0.4) is 0 Å². The fourth-order valence-corrected chi connectivity index (χ4v) is 2.81. The molecule has 3 N–H and O–H groups in total. The number of hydrogen-bond acceptors (Lipinski definition) is 3. The monoisotopic (exact) mass is 269 g/mol. The Kier molecular flexibility index (Phi) is 3.46. The predicted molar refractivity (Wildman–Crippen MR) is 81.5 cm³/mol. The highest BCUT2D eigenvalue weighted by Gasteiger charge is 2.19. The van der Waals surface area contributed by atoms with Crippen LogP contribution in [0.25, 0.3) is 5.57 Å².